The molecule has 2 atom stereocenters. The van der Waals surface area contributed by atoms with Crippen LogP contribution in [0.25, 0.3) is 0 Å². The maximum Gasteiger partial charge on any atom is 0.162 e. The quantitative estimate of drug-likeness (QED) is 0.525. The molecule has 60 valence electrons. The fraction of sp³-hybridized carbons (Fsp3) is 0.556. The molecule has 0 aliphatic heterocycles. The second kappa shape index (κ2) is 2.61. The van der Waals surface area contributed by atoms with Gasteiger partial charge in [-0.3, -0.25) is 9.59 Å². The molecule has 0 bridgehead atoms. The van der Waals surface area contributed by atoms with Crippen molar-refractivity contribution < 1.29 is 9.59 Å². The summed E-state index contributed by atoms with van der Waals surface area (Å²) < 4.78 is 0. The molecule has 0 heterocycles. The molecular weight excluding hydrogens is 140 g/mol. The van der Waals surface area contributed by atoms with E-state index in [9.17, 15) is 9.59 Å². The summed E-state index contributed by atoms with van der Waals surface area (Å²) in [6.45, 7) is 5.30. The van der Waals surface area contributed by atoms with Crippen LogP contribution in [-0.2, 0) is 9.59 Å². The average Bonchev–Trinajstić information content (AvgIpc) is 1.97. The van der Waals surface area contributed by atoms with Crippen LogP contribution in [0.3, 0.4) is 0 Å². The summed E-state index contributed by atoms with van der Waals surface area (Å²) in [4.78, 5) is 22.4. The van der Waals surface area contributed by atoms with Crippen LogP contribution in [0.1, 0.15) is 20.8 Å². The van der Waals surface area contributed by atoms with Gasteiger partial charge >= 0.3 is 0 Å². The highest BCUT2D eigenvalue weighted by Crippen LogP contribution is 2.22. The van der Waals surface area contributed by atoms with Crippen LogP contribution in [-0.4, -0.2) is 11.6 Å². The van der Waals surface area contributed by atoms with Crippen LogP contribution in [0.15, 0.2) is 11.6 Å². The summed E-state index contributed by atoms with van der Waals surface area (Å²) in [7, 11) is 0. The van der Waals surface area contributed by atoms with E-state index in [2.05, 4.69) is 0 Å². The average molecular weight is 152 g/mol. The van der Waals surface area contributed by atoms with E-state index in [4.69, 9.17) is 0 Å². The summed E-state index contributed by atoms with van der Waals surface area (Å²) >= 11 is 0. The smallest absolute Gasteiger partial charge is 0.162 e. The fourth-order valence-electron chi connectivity index (χ4n) is 1.25. The first-order valence-electron chi connectivity index (χ1n) is 3.80. The van der Waals surface area contributed by atoms with Crippen molar-refractivity contribution in [3.8, 4) is 0 Å². The van der Waals surface area contributed by atoms with E-state index in [1.165, 1.54) is 6.08 Å². The van der Waals surface area contributed by atoms with Gasteiger partial charge in [0.2, 0.25) is 0 Å². The topological polar surface area (TPSA) is 34.1 Å². The highest BCUT2D eigenvalue weighted by molar-refractivity contribution is 6.09. The highest BCUT2D eigenvalue weighted by atomic mass is 16.1. The van der Waals surface area contributed by atoms with Gasteiger partial charge in [0.1, 0.15) is 0 Å². The number of rotatable bonds is 0. The SMILES string of the molecule is CC1=CC(=O)C(C)C(C)C1=O. The van der Waals surface area contributed by atoms with E-state index in [-0.39, 0.29) is 23.4 Å². The van der Waals surface area contributed by atoms with E-state index in [0.29, 0.717) is 5.57 Å². The monoisotopic (exact) mass is 152 g/mol. The third-order valence-corrected chi connectivity index (χ3v) is 2.36. The Morgan fingerprint density at radius 2 is 1.73 bits per heavy atom. The molecule has 0 saturated carbocycles. The zero-order valence-electron chi connectivity index (χ0n) is 7.05. The molecule has 2 nitrogen and oxygen atoms in total. The zero-order chi connectivity index (χ0) is 8.59. The van der Waals surface area contributed by atoms with Gasteiger partial charge in [-0.1, -0.05) is 13.8 Å². The Balaban J connectivity index is 3.01. The summed E-state index contributed by atoms with van der Waals surface area (Å²) in [5.41, 5.74) is 0.598. The molecule has 1 rings (SSSR count). The molecule has 0 radical (unpaired) electrons. The molecule has 11 heavy (non-hydrogen) atoms. The van der Waals surface area contributed by atoms with Gasteiger partial charge in [-0.25, -0.2) is 0 Å². The second-order valence-electron chi connectivity index (χ2n) is 3.17. The molecule has 0 aromatic carbocycles. The predicted molar refractivity (Wildman–Crippen MR) is 42.1 cm³/mol. The molecule has 1 aliphatic rings. The minimum atomic E-state index is -0.133. The van der Waals surface area contributed by atoms with E-state index < -0.39 is 0 Å². The summed E-state index contributed by atoms with van der Waals surface area (Å²) in [5, 5.41) is 0. The Bertz CT molecular complexity index is 238. The lowest BCUT2D eigenvalue weighted by Crippen LogP contribution is -2.30. The van der Waals surface area contributed by atoms with Crippen LogP contribution in [0.4, 0.5) is 0 Å². The number of ketones is 2. The van der Waals surface area contributed by atoms with Gasteiger partial charge < -0.3 is 0 Å². The second-order valence-corrected chi connectivity index (χ2v) is 3.17. The van der Waals surface area contributed by atoms with Crippen LogP contribution in [0.2, 0.25) is 0 Å². The third kappa shape index (κ3) is 1.25. The Labute approximate surface area is 66.3 Å². The molecule has 2 heteroatoms. The molecular formula is C9H12O2. The lowest BCUT2D eigenvalue weighted by molar-refractivity contribution is -0.128. The maximum atomic E-state index is 11.3. The van der Waals surface area contributed by atoms with E-state index in [1.54, 1.807) is 20.8 Å². The number of carbonyl (C=O) groups excluding carboxylic acids is 2. The van der Waals surface area contributed by atoms with Gasteiger partial charge in [-0.15, -0.1) is 0 Å². The van der Waals surface area contributed by atoms with Crippen molar-refractivity contribution in [1.82, 2.24) is 0 Å². The summed E-state index contributed by atoms with van der Waals surface area (Å²) in [5.74, 6) is -0.0783. The van der Waals surface area contributed by atoms with Crippen molar-refractivity contribution in [2.75, 3.05) is 0 Å². The molecule has 1 aliphatic carbocycles. The molecule has 0 aromatic heterocycles. The summed E-state index contributed by atoms with van der Waals surface area (Å²) in [6, 6.07) is 0. The standard InChI is InChI=1S/C9H12O2/c1-5-4-8(10)6(2)7(3)9(5)11/h4,6-7H,1-3H3. The largest absolute Gasteiger partial charge is 0.295 e. The first-order chi connectivity index (χ1) is 5.04. The number of hydrogen-bond donors (Lipinski definition) is 0. The van der Waals surface area contributed by atoms with Gasteiger partial charge in [0, 0.05) is 11.8 Å². The Kier molecular flexibility index (Phi) is 1.94. The van der Waals surface area contributed by atoms with Gasteiger partial charge in [0.15, 0.2) is 11.6 Å². The van der Waals surface area contributed by atoms with Crippen LogP contribution in [0.5, 0.6) is 0 Å². The van der Waals surface area contributed by atoms with Crippen molar-refractivity contribution in [3.63, 3.8) is 0 Å². The highest BCUT2D eigenvalue weighted by Gasteiger charge is 2.30. The third-order valence-electron chi connectivity index (χ3n) is 2.36. The number of carbonyl (C=O) groups is 2. The van der Waals surface area contributed by atoms with Gasteiger partial charge in [-0.05, 0) is 18.6 Å². The van der Waals surface area contributed by atoms with Crippen molar-refractivity contribution >= 4 is 11.6 Å². The van der Waals surface area contributed by atoms with E-state index in [1.807, 2.05) is 0 Å². The van der Waals surface area contributed by atoms with Crippen molar-refractivity contribution in [1.29, 1.82) is 0 Å². The van der Waals surface area contributed by atoms with Crippen molar-refractivity contribution in [2.45, 2.75) is 20.8 Å². The lowest BCUT2D eigenvalue weighted by atomic mass is 9.81. The molecule has 2 unspecified atom stereocenters. The van der Waals surface area contributed by atoms with E-state index >= 15 is 0 Å². The molecule has 0 amide bonds. The minimum Gasteiger partial charge on any atom is -0.295 e. The molecule has 0 saturated heterocycles. The minimum absolute atomic E-state index is 0.0783. The summed E-state index contributed by atoms with van der Waals surface area (Å²) in [6.07, 6.45) is 1.45. The maximum absolute atomic E-state index is 11.3. The van der Waals surface area contributed by atoms with Crippen LogP contribution >= 0.6 is 0 Å². The molecule has 0 spiro atoms. The molecule has 0 fully saturated rings. The molecule has 0 N–H and O–H groups in total. The van der Waals surface area contributed by atoms with Crippen molar-refractivity contribution in [3.05, 3.63) is 11.6 Å². The predicted octanol–water partition coefficient (Wildman–Crippen LogP) is 1.36. The number of allylic oxidation sites excluding steroid dienone is 2. The number of Topliss-reactive ketones (excluding diaryl/α,β-unsaturated/α-hetero) is 1. The van der Waals surface area contributed by atoms with Crippen molar-refractivity contribution in [2.24, 2.45) is 11.8 Å². The first kappa shape index (κ1) is 8.18. The van der Waals surface area contributed by atoms with Gasteiger partial charge in [0.05, 0.1) is 0 Å². The Morgan fingerprint density at radius 3 is 2.27 bits per heavy atom. The number of hydrogen-bond acceptors (Lipinski definition) is 2. The normalized spacial score (nSPS) is 32.1. The lowest BCUT2D eigenvalue weighted by Gasteiger charge is -2.21. The molecule has 0 aromatic rings. The van der Waals surface area contributed by atoms with Crippen LogP contribution < -0.4 is 0 Å². The van der Waals surface area contributed by atoms with Gasteiger partial charge in [-0.2, -0.15) is 0 Å². The fourth-order valence-corrected chi connectivity index (χ4v) is 1.25. The first-order valence-corrected chi connectivity index (χ1v) is 3.80. The Hall–Kier alpha value is -0.920. The Morgan fingerprint density at radius 1 is 1.18 bits per heavy atom. The zero-order valence-corrected chi connectivity index (χ0v) is 7.05. The van der Waals surface area contributed by atoms with Crippen LogP contribution in [0, 0.1) is 11.8 Å². The van der Waals surface area contributed by atoms with E-state index in [0.717, 1.165) is 0 Å². The van der Waals surface area contributed by atoms with Gasteiger partial charge in [0.25, 0.3) is 0 Å².